The molecule has 23 heavy (non-hydrogen) atoms. The van der Waals surface area contributed by atoms with Crippen LogP contribution in [-0.2, 0) is 0 Å². The van der Waals surface area contributed by atoms with Crippen LogP contribution in [0.25, 0.3) is 4.96 Å². The number of halogens is 1. The standard InChI is InChI=1S/C16H14FN3O2S/c1-10(11-3-5-12(17)6-4-11)19(2)14(21)13-9-18-16-20(15(13)22)7-8-23-16/h3-10H,1-2H3. The summed E-state index contributed by atoms with van der Waals surface area (Å²) in [7, 11) is 1.61. The van der Waals surface area contributed by atoms with E-state index >= 15 is 0 Å². The largest absolute Gasteiger partial charge is 0.335 e. The van der Waals surface area contributed by atoms with Crippen molar-refractivity contribution in [2.75, 3.05) is 7.05 Å². The third-order valence-electron chi connectivity index (χ3n) is 3.83. The van der Waals surface area contributed by atoms with Crippen LogP contribution >= 0.6 is 11.3 Å². The molecule has 3 rings (SSSR count). The van der Waals surface area contributed by atoms with E-state index in [1.54, 1.807) is 30.8 Å². The quantitative estimate of drug-likeness (QED) is 0.741. The van der Waals surface area contributed by atoms with Gasteiger partial charge in [-0.1, -0.05) is 12.1 Å². The molecule has 0 fully saturated rings. The zero-order chi connectivity index (χ0) is 16.6. The Labute approximate surface area is 135 Å². The van der Waals surface area contributed by atoms with Gasteiger partial charge in [0.1, 0.15) is 11.4 Å². The predicted octanol–water partition coefficient (Wildman–Crippen LogP) is 2.73. The lowest BCUT2D eigenvalue weighted by Gasteiger charge is -2.25. The molecule has 5 nitrogen and oxygen atoms in total. The maximum Gasteiger partial charge on any atom is 0.271 e. The summed E-state index contributed by atoms with van der Waals surface area (Å²) in [6.07, 6.45) is 2.90. The van der Waals surface area contributed by atoms with Gasteiger partial charge in [0.2, 0.25) is 0 Å². The van der Waals surface area contributed by atoms with Crippen molar-refractivity contribution in [1.82, 2.24) is 14.3 Å². The van der Waals surface area contributed by atoms with E-state index in [-0.39, 0.29) is 23.0 Å². The fraction of sp³-hybridized carbons (Fsp3) is 0.188. The number of thiazole rings is 1. The fourth-order valence-corrected chi connectivity index (χ4v) is 2.98. The molecule has 0 bridgehead atoms. The number of hydrogen-bond acceptors (Lipinski definition) is 4. The predicted molar refractivity (Wildman–Crippen MR) is 86.2 cm³/mol. The average Bonchev–Trinajstić information content (AvgIpc) is 3.03. The first kappa shape index (κ1) is 15.4. The molecule has 0 saturated carbocycles. The lowest BCUT2D eigenvalue weighted by molar-refractivity contribution is 0.0740. The van der Waals surface area contributed by atoms with Gasteiger partial charge in [0.15, 0.2) is 4.96 Å². The zero-order valence-electron chi connectivity index (χ0n) is 12.6. The molecule has 2 heterocycles. The minimum Gasteiger partial charge on any atom is -0.335 e. The van der Waals surface area contributed by atoms with Crippen molar-refractivity contribution in [3.63, 3.8) is 0 Å². The van der Waals surface area contributed by atoms with Gasteiger partial charge in [-0.25, -0.2) is 9.37 Å². The molecule has 0 spiro atoms. The van der Waals surface area contributed by atoms with E-state index in [1.165, 1.54) is 39.0 Å². The topological polar surface area (TPSA) is 54.7 Å². The minimum absolute atomic E-state index is 0.0114. The summed E-state index contributed by atoms with van der Waals surface area (Å²) in [5.41, 5.74) is 0.406. The first-order valence-corrected chi connectivity index (χ1v) is 7.84. The van der Waals surface area contributed by atoms with Crippen LogP contribution in [0.1, 0.15) is 28.9 Å². The number of nitrogens with zero attached hydrogens (tertiary/aromatic N) is 3. The van der Waals surface area contributed by atoms with Crippen molar-refractivity contribution in [1.29, 1.82) is 0 Å². The SMILES string of the molecule is CC(c1ccc(F)cc1)N(C)C(=O)c1cnc2sccn2c1=O. The third kappa shape index (κ3) is 2.75. The second kappa shape index (κ2) is 5.92. The van der Waals surface area contributed by atoms with E-state index in [2.05, 4.69) is 4.98 Å². The Kier molecular flexibility index (Phi) is 3.96. The summed E-state index contributed by atoms with van der Waals surface area (Å²) in [5.74, 6) is -0.750. The van der Waals surface area contributed by atoms with Gasteiger partial charge in [-0.15, -0.1) is 11.3 Å². The van der Waals surface area contributed by atoms with Crippen molar-refractivity contribution in [2.45, 2.75) is 13.0 Å². The Morgan fingerprint density at radius 2 is 2.04 bits per heavy atom. The summed E-state index contributed by atoms with van der Waals surface area (Å²) in [5, 5.41) is 1.74. The molecular weight excluding hydrogens is 317 g/mol. The van der Waals surface area contributed by atoms with E-state index in [4.69, 9.17) is 0 Å². The Bertz CT molecular complexity index is 917. The fourth-order valence-electron chi connectivity index (χ4n) is 2.30. The van der Waals surface area contributed by atoms with Crippen LogP contribution in [0.15, 0.2) is 46.8 Å². The summed E-state index contributed by atoms with van der Waals surface area (Å²) < 4.78 is 14.4. The van der Waals surface area contributed by atoms with Crippen LogP contribution in [0.3, 0.4) is 0 Å². The molecule has 118 valence electrons. The second-order valence-electron chi connectivity index (χ2n) is 5.18. The summed E-state index contributed by atoms with van der Waals surface area (Å²) in [6.45, 7) is 1.82. The lowest BCUT2D eigenvalue weighted by atomic mass is 10.1. The van der Waals surface area contributed by atoms with Crippen LogP contribution in [-0.4, -0.2) is 27.2 Å². The lowest BCUT2D eigenvalue weighted by Crippen LogP contribution is -2.34. The zero-order valence-corrected chi connectivity index (χ0v) is 13.4. The number of carbonyl (C=O) groups is 1. The monoisotopic (exact) mass is 331 g/mol. The highest BCUT2D eigenvalue weighted by Gasteiger charge is 2.22. The molecule has 1 atom stereocenters. The van der Waals surface area contributed by atoms with E-state index in [0.29, 0.717) is 4.96 Å². The van der Waals surface area contributed by atoms with Crippen LogP contribution < -0.4 is 5.56 Å². The Hall–Kier alpha value is -2.54. The molecule has 1 unspecified atom stereocenters. The third-order valence-corrected chi connectivity index (χ3v) is 4.60. The van der Waals surface area contributed by atoms with Gasteiger partial charge in [0, 0.05) is 24.8 Å². The molecule has 1 amide bonds. The molecule has 0 aliphatic carbocycles. The van der Waals surface area contributed by atoms with Crippen molar-refractivity contribution < 1.29 is 9.18 Å². The molecule has 0 N–H and O–H groups in total. The van der Waals surface area contributed by atoms with Crippen LogP contribution in [0.5, 0.6) is 0 Å². The summed E-state index contributed by atoms with van der Waals surface area (Å²) >= 11 is 1.33. The van der Waals surface area contributed by atoms with Crippen molar-refractivity contribution in [2.24, 2.45) is 0 Å². The highest BCUT2D eigenvalue weighted by Crippen LogP contribution is 2.20. The van der Waals surface area contributed by atoms with E-state index in [0.717, 1.165) is 5.56 Å². The molecule has 0 saturated heterocycles. The Morgan fingerprint density at radius 1 is 1.35 bits per heavy atom. The second-order valence-corrected chi connectivity index (χ2v) is 6.05. The molecule has 2 aromatic heterocycles. The maximum absolute atomic E-state index is 13.0. The van der Waals surface area contributed by atoms with Gasteiger partial charge in [-0.2, -0.15) is 0 Å². The summed E-state index contributed by atoms with van der Waals surface area (Å²) in [6, 6.07) is 5.63. The Morgan fingerprint density at radius 3 is 2.74 bits per heavy atom. The molecule has 3 aromatic rings. The molecule has 7 heteroatoms. The van der Waals surface area contributed by atoms with Crippen molar-refractivity contribution in [3.8, 4) is 0 Å². The molecule has 0 aliphatic rings. The first-order valence-electron chi connectivity index (χ1n) is 6.96. The number of amides is 1. The number of rotatable bonds is 3. The first-order chi connectivity index (χ1) is 11.0. The van der Waals surface area contributed by atoms with Crippen LogP contribution in [0, 0.1) is 5.82 Å². The van der Waals surface area contributed by atoms with Crippen molar-refractivity contribution in [3.05, 3.63) is 69.3 Å². The van der Waals surface area contributed by atoms with Gasteiger partial charge in [-0.05, 0) is 24.6 Å². The highest BCUT2D eigenvalue weighted by atomic mass is 32.1. The molecular formula is C16H14FN3O2S. The van der Waals surface area contributed by atoms with Gasteiger partial charge in [0.25, 0.3) is 11.5 Å². The number of hydrogen-bond donors (Lipinski definition) is 0. The molecule has 1 aromatic carbocycles. The van der Waals surface area contributed by atoms with E-state index in [1.807, 2.05) is 6.92 Å². The number of benzene rings is 1. The van der Waals surface area contributed by atoms with Gasteiger partial charge in [0.05, 0.1) is 6.04 Å². The molecule has 0 radical (unpaired) electrons. The van der Waals surface area contributed by atoms with Gasteiger partial charge in [-0.3, -0.25) is 14.0 Å². The highest BCUT2D eigenvalue weighted by molar-refractivity contribution is 7.15. The number of fused-ring (bicyclic) bond motifs is 1. The van der Waals surface area contributed by atoms with Gasteiger partial charge >= 0.3 is 0 Å². The molecule has 0 aliphatic heterocycles. The number of carbonyl (C=O) groups excluding carboxylic acids is 1. The average molecular weight is 331 g/mol. The van der Waals surface area contributed by atoms with Crippen molar-refractivity contribution >= 4 is 22.2 Å². The summed E-state index contributed by atoms with van der Waals surface area (Å²) in [4.78, 5) is 31.1. The normalized spacial score (nSPS) is 12.3. The van der Waals surface area contributed by atoms with Crippen LogP contribution in [0.2, 0.25) is 0 Å². The van der Waals surface area contributed by atoms with E-state index < -0.39 is 5.91 Å². The minimum atomic E-state index is -0.417. The maximum atomic E-state index is 13.0. The smallest absolute Gasteiger partial charge is 0.271 e. The Balaban J connectivity index is 1.93. The van der Waals surface area contributed by atoms with E-state index in [9.17, 15) is 14.0 Å². The van der Waals surface area contributed by atoms with Crippen LogP contribution in [0.4, 0.5) is 4.39 Å². The number of aromatic nitrogens is 2. The van der Waals surface area contributed by atoms with Gasteiger partial charge < -0.3 is 4.90 Å².